The van der Waals surface area contributed by atoms with Gasteiger partial charge in [-0.15, -0.1) is 11.3 Å². The summed E-state index contributed by atoms with van der Waals surface area (Å²) in [7, 11) is 0. The van der Waals surface area contributed by atoms with Crippen LogP contribution in [0.4, 0.5) is 0 Å². The number of ether oxygens (including phenoxy) is 1. The molecule has 0 atom stereocenters. The molecule has 2 N–H and O–H groups in total. The average Bonchev–Trinajstić information content (AvgIpc) is 3.03. The fourth-order valence-corrected chi connectivity index (χ4v) is 2.38. The van der Waals surface area contributed by atoms with Crippen LogP contribution < -0.4 is 15.6 Å². The number of thiazole rings is 1. The molecule has 0 aliphatic carbocycles. The van der Waals surface area contributed by atoms with Crippen LogP contribution in [0.1, 0.15) is 16.3 Å². The molecule has 7 nitrogen and oxygen atoms in total. The van der Waals surface area contributed by atoms with Crippen molar-refractivity contribution in [3.8, 4) is 17.9 Å². The number of amides is 1. The Bertz CT molecular complexity index is 827. The maximum Gasteiger partial charge on any atom is 0.276 e. The van der Waals surface area contributed by atoms with Crippen LogP contribution in [0.3, 0.4) is 0 Å². The van der Waals surface area contributed by atoms with E-state index in [1.807, 2.05) is 24.4 Å². The van der Waals surface area contributed by atoms with Gasteiger partial charge in [-0.05, 0) is 31.2 Å². The van der Waals surface area contributed by atoms with E-state index in [1.165, 1.54) is 17.5 Å². The van der Waals surface area contributed by atoms with Gasteiger partial charge in [0.1, 0.15) is 22.4 Å². The Kier molecular flexibility index (Phi) is 5.89. The summed E-state index contributed by atoms with van der Waals surface area (Å²) in [6, 6.07) is 10.4. The minimum absolute atomic E-state index is 0.203. The van der Waals surface area contributed by atoms with Crippen molar-refractivity contribution in [2.75, 3.05) is 6.61 Å². The zero-order chi connectivity index (χ0) is 17.4. The highest BCUT2D eigenvalue weighted by Crippen LogP contribution is 2.17. The highest BCUT2D eigenvalue weighted by Gasteiger charge is 2.06. The lowest BCUT2D eigenvalue weighted by molar-refractivity contribution is -0.123. The maximum atomic E-state index is 11.7. The number of nitrogens with zero attached hydrogens (tertiary/aromatic N) is 3. The minimum atomic E-state index is -0.414. The monoisotopic (exact) mass is 339 g/mol. The quantitative estimate of drug-likeness (QED) is 0.614. The van der Waals surface area contributed by atoms with Crippen molar-refractivity contribution in [3.05, 3.63) is 52.1 Å². The van der Waals surface area contributed by atoms with E-state index < -0.39 is 5.91 Å². The highest BCUT2D eigenvalue weighted by atomic mass is 32.1. The number of carbonyl (C=O) groups is 1. The third-order valence-electron chi connectivity index (χ3n) is 2.75. The second-order valence-electron chi connectivity index (χ2n) is 4.58. The molecule has 0 fully saturated rings. The molecule has 0 saturated carbocycles. The van der Waals surface area contributed by atoms with Crippen molar-refractivity contribution >= 4 is 22.8 Å². The van der Waals surface area contributed by atoms with E-state index in [0.29, 0.717) is 21.9 Å². The van der Waals surface area contributed by atoms with Crippen LogP contribution in [0.25, 0.3) is 5.57 Å². The van der Waals surface area contributed by atoms with Gasteiger partial charge < -0.3 is 10.2 Å². The van der Waals surface area contributed by atoms with Gasteiger partial charge in [0.25, 0.3) is 5.91 Å². The maximum absolute atomic E-state index is 11.7. The molecule has 1 aromatic carbocycles. The molecule has 2 rings (SSSR count). The molecular weight excluding hydrogens is 326 g/mol. The molecular formula is C16H13N5O2S. The normalized spacial score (nSPS) is 10.4. The lowest BCUT2D eigenvalue weighted by Crippen LogP contribution is -2.37. The second-order valence-corrected chi connectivity index (χ2v) is 5.44. The largest absolute Gasteiger partial charge is 0.484 e. The lowest BCUT2D eigenvalue weighted by Gasteiger charge is -2.07. The zero-order valence-electron chi connectivity index (χ0n) is 12.7. The van der Waals surface area contributed by atoms with E-state index in [-0.39, 0.29) is 6.61 Å². The zero-order valence-corrected chi connectivity index (χ0v) is 13.6. The Labute approximate surface area is 142 Å². The third-order valence-corrected chi connectivity index (χ3v) is 3.74. The van der Waals surface area contributed by atoms with E-state index in [9.17, 15) is 4.79 Å². The molecule has 1 amide bonds. The van der Waals surface area contributed by atoms with E-state index in [4.69, 9.17) is 15.3 Å². The van der Waals surface area contributed by atoms with Crippen LogP contribution in [0.2, 0.25) is 0 Å². The number of hydrogen-bond acceptors (Lipinski definition) is 7. The number of carbonyl (C=O) groups excluding carboxylic acids is 1. The Morgan fingerprint density at radius 3 is 2.71 bits per heavy atom. The molecule has 0 aliphatic heterocycles. The van der Waals surface area contributed by atoms with Gasteiger partial charge in [-0.2, -0.15) is 10.5 Å². The number of hydrogen-bond donors (Lipinski definition) is 2. The second kappa shape index (κ2) is 8.32. The molecule has 0 aliphatic rings. The molecule has 0 bridgehead atoms. The summed E-state index contributed by atoms with van der Waals surface area (Å²) in [5.74, 6) is 0.0684. The Balaban J connectivity index is 1.81. The summed E-state index contributed by atoms with van der Waals surface area (Å²) < 4.78 is 5.28. The van der Waals surface area contributed by atoms with E-state index in [0.717, 1.165) is 5.69 Å². The van der Waals surface area contributed by atoms with Gasteiger partial charge in [0.05, 0.1) is 11.6 Å². The fourth-order valence-electron chi connectivity index (χ4n) is 1.62. The van der Waals surface area contributed by atoms with Crippen molar-refractivity contribution in [1.82, 2.24) is 15.8 Å². The predicted octanol–water partition coefficient (Wildman–Crippen LogP) is 1.89. The Morgan fingerprint density at radius 2 is 2.12 bits per heavy atom. The topological polar surface area (TPSA) is 111 Å². The summed E-state index contributed by atoms with van der Waals surface area (Å²) in [5, 5.41) is 20.2. The highest BCUT2D eigenvalue weighted by molar-refractivity contribution is 7.10. The average molecular weight is 339 g/mol. The van der Waals surface area contributed by atoms with Gasteiger partial charge in [-0.3, -0.25) is 10.2 Å². The lowest BCUT2D eigenvalue weighted by atomic mass is 10.2. The van der Waals surface area contributed by atoms with Crippen LogP contribution in [0, 0.1) is 29.6 Å². The molecule has 2 aromatic rings. The molecule has 24 heavy (non-hydrogen) atoms. The van der Waals surface area contributed by atoms with Crippen molar-refractivity contribution < 1.29 is 9.53 Å². The number of hydrazine groups is 1. The summed E-state index contributed by atoms with van der Waals surface area (Å²) >= 11 is 1.35. The summed E-state index contributed by atoms with van der Waals surface area (Å²) in [4.78, 5) is 15.9. The van der Waals surface area contributed by atoms with Gasteiger partial charge in [0, 0.05) is 17.3 Å². The van der Waals surface area contributed by atoms with Gasteiger partial charge in [0.2, 0.25) is 0 Å². The molecule has 0 spiro atoms. The summed E-state index contributed by atoms with van der Waals surface area (Å²) in [6.45, 7) is 1.63. The number of rotatable bonds is 6. The number of aromatic nitrogens is 1. The van der Waals surface area contributed by atoms with Crippen LogP contribution in [-0.4, -0.2) is 17.5 Å². The Hall–Kier alpha value is -3.36. The first-order valence-corrected chi connectivity index (χ1v) is 7.70. The SMILES string of the molecule is Cc1csc(/C(C#N)=C/NNC(=O)COc2ccc(C#N)cc2)n1. The van der Waals surface area contributed by atoms with Crippen molar-refractivity contribution in [2.24, 2.45) is 0 Å². The van der Waals surface area contributed by atoms with E-state index in [2.05, 4.69) is 15.8 Å². The standard InChI is InChI=1S/C16H13N5O2S/c1-11-10-24-16(20-11)13(7-18)8-19-21-15(22)9-23-14-4-2-12(6-17)3-5-14/h2-5,8,10,19H,9H2,1H3,(H,21,22)/b13-8+. The van der Waals surface area contributed by atoms with Crippen LogP contribution in [-0.2, 0) is 4.79 Å². The van der Waals surface area contributed by atoms with Gasteiger partial charge >= 0.3 is 0 Å². The molecule has 1 heterocycles. The Morgan fingerprint density at radius 1 is 1.38 bits per heavy atom. The molecule has 1 aromatic heterocycles. The van der Waals surface area contributed by atoms with Crippen molar-refractivity contribution in [2.45, 2.75) is 6.92 Å². The molecule has 8 heteroatoms. The van der Waals surface area contributed by atoms with Crippen LogP contribution >= 0.6 is 11.3 Å². The van der Waals surface area contributed by atoms with Crippen molar-refractivity contribution in [1.29, 1.82) is 10.5 Å². The molecule has 0 saturated heterocycles. The molecule has 0 unspecified atom stereocenters. The van der Waals surface area contributed by atoms with Gasteiger partial charge in [-0.25, -0.2) is 4.98 Å². The first-order chi connectivity index (χ1) is 11.6. The van der Waals surface area contributed by atoms with E-state index in [1.54, 1.807) is 24.3 Å². The molecule has 0 radical (unpaired) electrons. The molecule has 120 valence electrons. The number of nitriles is 2. The summed E-state index contributed by atoms with van der Waals surface area (Å²) in [6.07, 6.45) is 1.37. The first kappa shape index (κ1) is 17.0. The van der Waals surface area contributed by atoms with Crippen molar-refractivity contribution in [3.63, 3.8) is 0 Å². The first-order valence-electron chi connectivity index (χ1n) is 6.82. The van der Waals surface area contributed by atoms with Gasteiger partial charge in [-0.1, -0.05) is 0 Å². The number of benzene rings is 1. The number of aryl methyl sites for hydroxylation is 1. The van der Waals surface area contributed by atoms with Gasteiger partial charge in [0.15, 0.2) is 6.61 Å². The van der Waals surface area contributed by atoms with E-state index >= 15 is 0 Å². The number of nitrogens with one attached hydrogen (secondary N) is 2. The number of allylic oxidation sites excluding steroid dienone is 1. The predicted molar refractivity (Wildman–Crippen MR) is 88.4 cm³/mol. The summed E-state index contributed by atoms with van der Waals surface area (Å²) in [5.41, 5.74) is 6.62. The minimum Gasteiger partial charge on any atom is -0.484 e. The smallest absolute Gasteiger partial charge is 0.276 e. The third kappa shape index (κ3) is 4.83. The fraction of sp³-hybridized carbons (Fsp3) is 0.125. The van der Waals surface area contributed by atoms with Crippen LogP contribution in [0.15, 0.2) is 35.8 Å². The van der Waals surface area contributed by atoms with Crippen LogP contribution in [0.5, 0.6) is 5.75 Å².